The Balaban J connectivity index is 2.81. The first kappa shape index (κ1) is 11.0. The van der Waals surface area contributed by atoms with Gasteiger partial charge in [0.1, 0.15) is 4.60 Å². The maximum atomic E-state index is 4.17. The number of rotatable bonds is 3. The van der Waals surface area contributed by atoms with Crippen molar-refractivity contribution in [2.75, 3.05) is 5.32 Å². The van der Waals surface area contributed by atoms with Crippen LogP contribution in [0.25, 0.3) is 0 Å². The molecular weight excluding hydrogens is 296 g/mol. The monoisotopic (exact) mass is 306 g/mol. The van der Waals surface area contributed by atoms with E-state index in [0.717, 1.165) is 21.2 Å². The van der Waals surface area contributed by atoms with E-state index in [0.29, 0.717) is 6.04 Å². The van der Waals surface area contributed by atoms with Crippen molar-refractivity contribution in [3.8, 4) is 0 Å². The molecule has 0 aromatic carbocycles. The van der Waals surface area contributed by atoms with Gasteiger partial charge in [-0.3, -0.25) is 0 Å². The minimum atomic E-state index is 0.465. The van der Waals surface area contributed by atoms with Gasteiger partial charge in [0.2, 0.25) is 0 Å². The van der Waals surface area contributed by atoms with E-state index in [1.54, 1.807) is 6.20 Å². The summed E-state index contributed by atoms with van der Waals surface area (Å²) in [6, 6.07) is 2.48. The third kappa shape index (κ3) is 3.27. The maximum absolute atomic E-state index is 4.17. The second kappa shape index (κ2) is 4.96. The lowest BCUT2D eigenvalue weighted by Crippen LogP contribution is -2.13. The molecule has 0 bridgehead atoms. The molecule has 13 heavy (non-hydrogen) atoms. The van der Waals surface area contributed by atoms with E-state index in [9.17, 15) is 0 Å². The molecule has 0 aliphatic heterocycles. The molecule has 0 aliphatic carbocycles. The average molecular weight is 308 g/mol. The zero-order valence-electron chi connectivity index (χ0n) is 7.64. The van der Waals surface area contributed by atoms with Gasteiger partial charge in [0.25, 0.3) is 0 Å². The van der Waals surface area contributed by atoms with Crippen molar-refractivity contribution < 1.29 is 0 Å². The fraction of sp³-hybridized carbons (Fsp3) is 0.444. The minimum absolute atomic E-state index is 0.465. The molecule has 0 aliphatic rings. The quantitative estimate of drug-likeness (QED) is 0.859. The van der Waals surface area contributed by atoms with Crippen LogP contribution in [-0.4, -0.2) is 11.0 Å². The summed E-state index contributed by atoms with van der Waals surface area (Å²) in [7, 11) is 0. The molecule has 0 radical (unpaired) electrons. The molecule has 0 fully saturated rings. The lowest BCUT2D eigenvalue weighted by Gasteiger charge is -2.13. The van der Waals surface area contributed by atoms with Gasteiger partial charge in [-0.25, -0.2) is 4.98 Å². The Morgan fingerprint density at radius 2 is 2.23 bits per heavy atom. The Hall–Kier alpha value is -0.0900. The Kier molecular flexibility index (Phi) is 4.19. The van der Waals surface area contributed by atoms with Gasteiger partial charge >= 0.3 is 0 Å². The Labute approximate surface area is 95.4 Å². The third-order valence-corrected chi connectivity index (χ3v) is 2.89. The van der Waals surface area contributed by atoms with E-state index in [-0.39, 0.29) is 0 Å². The molecule has 0 saturated heterocycles. The smallest absolute Gasteiger partial charge is 0.129 e. The van der Waals surface area contributed by atoms with Crippen molar-refractivity contribution in [3.05, 3.63) is 21.3 Å². The summed E-state index contributed by atoms with van der Waals surface area (Å²) >= 11 is 6.78. The first-order valence-electron chi connectivity index (χ1n) is 4.21. The summed E-state index contributed by atoms with van der Waals surface area (Å²) in [5, 5.41) is 3.36. The number of nitrogens with zero attached hydrogens (tertiary/aromatic N) is 1. The summed E-state index contributed by atoms with van der Waals surface area (Å²) < 4.78 is 1.84. The Morgan fingerprint density at radius 3 is 2.85 bits per heavy atom. The Morgan fingerprint density at radius 1 is 1.54 bits per heavy atom. The van der Waals surface area contributed by atoms with Gasteiger partial charge in [-0.05, 0) is 51.3 Å². The largest absolute Gasteiger partial charge is 0.380 e. The first-order chi connectivity index (χ1) is 6.13. The molecule has 1 rings (SSSR count). The second-order valence-electron chi connectivity index (χ2n) is 2.95. The summed E-state index contributed by atoms with van der Waals surface area (Å²) in [5.41, 5.74) is 1.03. The molecule has 1 aromatic rings. The molecule has 1 N–H and O–H groups in total. The molecule has 1 atom stereocenters. The molecule has 1 unspecified atom stereocenters. The van der Waals surface area contributed by atoms with Crippen LogP contribution in [0, 0.1) is 0 Å². The van der Waals surface area contributed by atoms with Crippen LogP contribution in [0.5, 0.6) is 0 Å². The van der Waals surface area contributed by atoms with Crippen LogP contribution in [0.15, 0.2) is 21.3 Å². The number of aromatic nitrogens is 1. The molecule has 72 valence electrons. The van der Waals surface area contributed by atoms with Gasteiger partial charge in [0.15, 0.2) is 0 Å². The zero-order chi connectivity index (χ0) is 9.84. The van der Waals surface area contributed by atoms with E-state index in [1.807, 2.05) is 6.07 Å². The number of anilines is 1. The fourth-order valence-electron chi connectivity index (χ4n) is 0.891. The molecule has 0 spiro atoms. The van der Waals surface area contributed by atoms with Crippen LogP contribution >= 0.6 is 31.9 Å². The van der Waals surface area contributed by atoms with Crippen molar-refractivity contribution in [3.63, 3.8) is 0 Å². The topological polar surface area (TPSA) is 24.9 Å². The van der Waals surface area contributed by atoms with Gasteiger partial charge in [-0.2, -0.15) is 0 Å². The summed E-state index contributed by atoms with van der Waals surface area (Å²) in [4.78, 5) is 4.17. The highest BCUT2D eigenvalue weighted by molar-refractivity contribution is 9.11. The van der Waals surface area contributed by atoms with Crippen molar-refractivity contribution in [1.29, 1.82) is 0 Å². The zero-order valence-corrected chi connectivity index (χ0v) is 10.8. The lowest BCUT2D eigenvalue weighted by atomic mass is 10.2. The summed E-state index contributed by atoms with van der Waals surface area (Å²) in [5.74, 6) is 0. The van der Waals surface area contributed by atoms with Crippen LogP contribution in [0.1, 0.15) is 20.3 Å². The van der Waals surface area contributed by atoms with E-state index < -0.39 is 0 Å². The van der Waals surface area contributed by atoms with Crippen molar-refractivity contribution in [1.82, 2.24) is 4.98 Å². The summed E-state index contributed by atoms with van der Waals surface area (Å²) in [6.07, 6.45) is 2.87. The highest BCUT2D eigenvalue weighted by Crippen LogP contribution is 2.24. The van der Waals surface area contributed by atoms with E-state index in [1.165, 1.54) is 0 Å². The number of halogens is 2. The molecule has 4 heteroatoms. The predicted octanol–water partition coefficient (Wildman–Crippen LogP) is 3.82. The fourth-order valence-corrected chi connectivity index (χ4v) is 1.55. The molecule has 1 aromatic heterocycles. The highest BCUT2D eigenvalue weighted by Gasteiger charge is 2.04. The van der Waals surface area contributed by atoms with E-state index in [4.69, 9.17) is 0 Å². The predicted molar refractivity (Wildman–Crippen MR) is 63.0 cm³/mol. The number of pyridine rings is 1. The molecule has 0 amide bonds. The number of hydrogen-bond donors (Lipinski definition) is 1. The van der Waals surface area contributed by atoms with Gasteiger partial charge in [0, 0.05) is 16.7 Å². The van der Waals surface area contributed by atoms with E-state index in [2.05, 4.69) is 56.0 Å². The van der Waals surface area contributed by atoms with Gasteiger partial charge in [-0.15, -0.1) is 0 Å². The van der Waals surface area contributed by atoms with Crippen LogP contribution in [0.4, 0.5) is 5.69 Å². The molecule has 2 nitrogen and oxygen atoms in total. The van der Waals surface area contributed by atoms with Gasteiger partial charge in [-0.1, -0.05) is 6.92 Å². The normalized spacial score (nSPS) is 12.6. The molecule has 0 saturated carbocycles. The van der Waals surface area contributed by atoms with Crippen molar-refractivity contribution >= 4 is 37.5 Å². The lowest BCUT2D eigenvalue weighted by molar-refractivity contribution is 0.762. The van der Waals surface area contributed by atoms with Gasteiger partial charge < -0.3 is 5.32 Å². The summed E-state index contributed by atoms with van der Waals surface area (Å²) in [6.45, 7) is 4.30. The standard InChI is InChI=1S/C9H12Br2N2/c1-3-6(2)13-8-4-7(10)5-12-9(8)11/h4-6,13H,3H2,1-2H3. The second-order valence-corrected chi connectivity index (χ2v) is 4.61. The van der Waals surface area contributed by atoms with Crippen LogP contribution in [0.3, 0.4) is 0 Å². The van der Waals surface area contributed by atoms with Gasteiger partial charge in [0.05, 0.1) is 5.69 Å². The van der Waals surface area contributed by atoms with E-state index >= 15 is 0 Å². The Bertz CT molecular complexity index is 289. The number of hydrogen-bond acceptors (Lipinski definition) is 2. The average Bonchev–Trinajstić information content (AvgIpc) is 2.11. The van der Waals surface area contributed by atoms with Crippen LogP contribution in [0.2, 0.25) is 0 Å². The molecular formula is C9H12Br2N2. The van der Waals surface area contributed by atoms with Crippen LogP contribution in [-0.2, 0) is 0 Å². The van der Waals surface area contributed by atoms with Crippen LogP contribution < -0.4 is 5.32 Å². The first-order valence-corrected chi connectivity index (χ1v) is 5.79. The number of nitrogens with one attached hydrogen (secondary N) is 1. The highest BCUT2D eigenvalue weighted by atomic mass is 79.9. The minimum Gasteiger partial charge on any atom is -0.380 e. The van der Waals surface area contributed by atoms with Crippen molar-refractivity contribution in [2.45, 2.75) is 26.3 Å². The third-order valence-electron chi connectivity index (χ3n) is 1.82. The maximum Gasteiger partial charge on any atom is 0.129 e. The van der Waals surface area contributed by atoms with Crippen molar-refractivity contribution in [2.24, 2.45) is 0 Å². The molecule has 1 heterocycles. The SMILES string of the molecule is CCC(C)Nc1cc(Br)cnc1Br.